The Kier molecular flexibility index (Phi) is 3.08. The van der Waals surface area contributed by atoms with Crippen molar-refractivity contribution in [1.29, 1.82) is 0 Å². The van der Waals surface area contributed by atoms with Crippen molar-refractivity contribution in [3.63, 3.8) is 0 Å². The molecule has 1 unspecified atom stereocenters. The van der Waals surface area contributed by atoms with Crippen LogP contribution in [0.15, 0.2) is 41.4 Å². The second-order valence-electron chi connectivity index (χ2n) is 4.57. The van der Waals surface area contributed by atoms with E-state index in [-0.39, 0.29) is 0 Å². The normalized spacial score (nSPS) is 12.6. The summed E-state index contributed by atoms with van der Waals surface area (Å²) in [5, 5.41) is 18.3. The van der Waals surface area contributed by atoms with Gasteiger partial charge in [0, 0.05) is 0 Å². The number of rotatable bonds is 3. The quantitative estimate of drug-likeness (QED) is 0.787. The highest BCUT2D eigenvalue weighted by atomic mass is 16.5. The van der Waals surface area contributed by atoms with Crippen LogP contribution in [-0.2, 0) is 0 Å². The fraction of sp³-hybridized carbons (Fsp3) is 0.214. The van der Waals surface area contributed by atoms with E-state index in [1.165, 1.54) is 6.33 Å². The third-order valence-electron chi connectivity index (χ3n) is 3.25. The molecule has 0 saturated heterocycles. The van der Waals surface area contributed by atoms with Gasteiger partial charge in [0.2, 0.25) is 0 Å². The van der Waals surface area contributed by atoms with Gasteiger partial charge in [-0.05, 0) is 31.5 Å². The Morgan fingerprint density at radius 2 is 1.95 bits per heavy atom. The van der Waals surface area contributed by atoms with Gasteiger partial charge in [0.25, 0.3) is 0 Å². The number of hydrogen-bond donors (Lipinski definition) is 1. The van der Waals surface area contributed by atoms with Crippen molar-refractivity contribution in [3.05, 3.63) is 59.5 Å². The van der Waals surface area contributed by atoms with E-state index in [2.05, 4.69) is 15.2 Å². The van der Waals surface area contributed by atoms with Crippen molar-refractivity contribution in [2.75, 3.05) is 0 Å². The van der Waals surface area contributed by atoms with Crippen molar-refractivity contribution < 1.29 is 9.63 Å². The van der Waals surface area contributed by atoms with Crippen LogP contribution in [0.5, 0.6) is 0 Å². The topological polar surface area (TPSA) is 77.0 Å². The molecule has 1 atom stereocenters. The SMILES string of the molecule is Cc1noc(C)c1C(O)c1ccc(-n2cncn2)cc1. The molecule has 0 fully saturated rings. The van der Waals surface area contributed by atoms with Gasteiger partial charge in [-0.2, -0.15) is 5.10 Å². The Bertz CT molecular complexity index is 682. The highest BCUT2D eigenvalue weighted by Gasteiger charge is 2.19. The minimum Gasteiger partial charge on any atom is -0.383 e. The number of benzene rings is 1. The summed E-state index contributed by atoms with van der Waals surface area (Å²) in [5.74, 6) is 0.635. The maximum Gasteiger partial charge on any atom is 0.140 e. The average Bonchev–Trinajstić information content (AvgIpc) is 3.09. The van der Waals surface area contributed by atoms with E-state index in [0.717, 1.165) is 16.8 Å². The number of nitrogens with zero attached hydrogens (tertiary/aromatic N) is 4. The maximum absolute atomic E-state index is 10.4. The highest BCUT2D eigenvalue weighted by molar-refractivity contribution is 5.38. The van der Waals surface area contributed by atoms with Gasteiger partial charge in [-0.25, -0.2) is 9.67 Å². The number of aliphatic hydroxyl groups excluding tert-OH is 1. The minimum absolute atomic E-state index is 0.635. The van der Waals surface area contributed by atoms with E-state index in [9.17, 15) is 5.11 Å². The molecule has 0 aliphatic heterocycles. The molecule has 0 radical (unpaired) electrons. The number of aryl methyl sites for hydroxylation is 2. The third kappa shape index (κ3) is 2.10. The van der Waals surface area contributed by atoms with Crippen molar-refractivity contribution >= 4 is 0 Å². The third-order valence-corrected chi connectivity index (χ3v) is 3.25. The molecule has 0 saturated carbocycles. The summed E-state index contributed by atoms with van der Waals surface area (Å²) in [6.07, 6.45) is 2.36. The van der Waals surface area contributed by atoms with E-state index in [4.69, 9.17) is 4.52 Å². The van der Waals surface area contributed by atoms with Gasteiger partial charge in [-0.1, -0.05) is 17.3 Å². The first-order chi connectivity index (χ1) is 9.66. The van der Waals surface area contributed by atoms with Gasteiger partial charge in [0.05, 0.1) is 16.9 Å². The summed E-state index contributed by atoms with van der Waals surface area (Å²) in [4.78, 5) is 3.90. The number of hydrogen-bond acceptors (Lipinski definition) is 5. The fourth-order valence-electron chi connectivity index (χ4n) is 2.20. The monoisotopic (exact) mass is 270 g/mol. The molecule has 0 aliphatic carbocycles. The van der Waals surface area contributed by atoms with Crippen LogP contribution < -0.4 is 0 Å². The molecular weight excluding hydrogens is 256 g/mol. The lowest BCUT2D eigenvalue weighted by Gasteiger charge is -2.11. The van der Waals surface area contributed by atoms with Crippen molar-refractivity contribution in [2.24, 2.45) is 0 Å². The molecule has 0 spiro atoms. The Labute approximate surface area is 115 Å². The predicted molar refractivity (Wildman–Crippen MR) is 71.4 cm³/mol. The second-order valence-corrected chi connectivity index (χ2v) is 4.57. The van der Waals surface area contributed by atoms with Crippen LogP contribution in [0.3, 0.4) is 0 Å². The van der Waals surface area contributed by atoms with E-state index >= 15 is 0 Å². The fourth-order valence-corrected chi connectivity index (χ4v) is 2.20. The van der Waals surface area contributed by atoms with Gasteiger partial charge in [0.15, 0.2) is 0 Å². The van der Waals surface area contributed by atoms with Crippen molar-refractivity contribution in [2.45, 2.75) is 20.0 Å². The van der Waals surface area contributed by atoms with Gasteiger partial charge in [-0.15, -0.1) is 0 Å². The van der Waals surface area contributed by atoms with Crippen molar-refractivity contribution in [1.82, 2.24) is 19.9 Å². The van der Waals surface area contributed by atoms with Crippen LogP contribution in [0.4, 0.5) is 0 Å². The lowest BCUT2D eigenvalue weighted by Crippen LogP contribution is -2.03. The lowest BCUT2D eigenvalue weighted by molar-refractivity contribution is 0.217. The Balaban J connectivity index is 1.92. The second kappa shape index (κ2) is 4.90. The molecule has 102 valence electrons. The van der Waals surface area contributed by atoms with Gasteiger partial charge in [0.1, 0.15) is 24.5 Å². The van der Waals surface area contributed by atoms with E-state index in [1.54, 1.807) is 17.9 Å². The van der Waals surface area contributed by atoms with Crippen molar-refractivity contribution in [3.8, 4) is 5.69 Å². The van der Waals surface area contributed by atoms with Crippen LogP contribution in [0.1, 0.15) is 28.7 Å². The smallest absolute Gasteiger partial charge is 0.140 e. The van der Waals surface area contributed by atoms with Crippen LogP contribution in [0.25, 0.3) is 5.69 Å². The first-order valence-corrected chi connectivity index (χ1v) is 6.22. The summed E-state index contributed by atoms with van der Waals surface area (Å²) in [6.45, 7) is 3.61. The molecule has 6 heteroatoms. The largest absolute Gasteiger partial charge is 0.383 e. The number of aliphatic hydroxyl groups is 1. The summed E-state index contributed by atoms with van der Waals surface area (Å²) in [7, 11) is 0. The van der Waals surface area contributed by atoms with Gasteiger partial charge >= 0.3 is 0 Å². The van der Waals surface area contributed by atoms with E-state index < -0.39 is 6.10 Å². The summed E-state index contributed by atoms with van der Waals surface area (Å²) in [5.41, 5.74) is 3.09. The van der Waals surface area contributed by atoms with E-state index in [1.807, 2.05) is 31.2 Å². The predicted octanol–water partition coefficient (Wildman–Crippen LogP) is 1.95. The Hall–Kier alpha value is -2.47. The molecular formula is C14H14N4O2. The number of aromatic nitrogens is 4. The van der Waals surface area contributed by atoms with Gasteiger partial charge in [-0.3, -0.25) is 0 Å². The molecule has 0 bridgehead atoms. The molecule has 3 aromatic rings. The maximum atomic E-state index is 10.4. The van der Waals surface area contributed by atoms with Crippen LogP contribution in [0, 0.1) is 13.8 Å². The minimum atomic E-state index is -0.744. The molecule has 0 aliphatic rings. The van der Waals surface area contributed by atoms with Crippen LogP contribution in [-0.4, -0.2) is 25.0 Å². The molecule has 0 amide bonds. The van der Waals surface area contributed by atoms with Gasteiger partial charge < -0.3 is 9.63 Å². The lowest BCUT2D eigenvalue weighted by atomic mass is 10.00. The molecule has 2 heterocycles. The first kappa shape index (κ1) is 12.6. The summed E-state index contributed by atoms with van der Waals surface area (Å²) < 4.78 is 6.75. The van der Waals surface area contributed by atoms with Crippen LogP contribution >= 0.6 is 0 Å². The Morgan fingerprint density at radius 1 is 1.20 bits per heavy atom. The molecule has 2 aromatic heterocycles. The molecule has 3 rings (SSSR count). The zero-order chi connectivity index (χ0) is 14.1. The molecule has 1 N–H and O–H groups in total. The summed E-state index contributed by atoms with van der Waals surface area (Å²) >= 11 is 0. The highest BCUT2D eigenvalue weighted by Crippen LogP contribution is 2.27. The van der Waals surface area contributed by atoms with E-state index in [0.29, 0.717) is 11.5 Å². The molecule has 20 heavy (non-hydrogen) atoms. The summed E-state index contributed by atoms with van der Waals surface area (Å²) in [6, 6.07) is 7.47. The Morgan fingerprint density at radius 3 is 2.50 bits per heavy atom. The zero-order valence-corrected chi connectivity index (χ0v) is 11.2. The zero-order valence-electron chi connectivity index (χ0n) is 11.2. The molecule has 1 aromatic carbocycles. The first-order valence-electron chi connectivity index (χ1n) is 6.22. The average molecular weight is 270 g/mol. The molecule has 6 nitrogen and oxygen atoms in total. The van der Waals surface area contributed by atoms with Crippen LogP contribution in [0.2, 0.25) is 0 Å². The standard InChI is InChI=1S/C14H14N4O2/c1-9-13(10(2)20-17-9)14(19)11-3-5-12(6-4-11)18-8-15-7-16-18/h3-8,14,19H,1-2H3.